The van der Waals surface area contributed by atoms with Crippen LogP contribution < -0.4 is 20.3 Å². The summed E-state index contributed by atoms with van der Waals surface area (Å²) >= 11 is 0. The Bertz CT molecular complexity index is 1330. The van der Waals surface area contributed by atoms with E-state index in [1.54, 1.807) is 19.4 Å². The van der Waals surface area contributed by atoms with E-state index in [1.807, 2.05) is 87.4 Å². The van der Waals surface area contributed by atoms with Crippen molar-refractivity contribution in [2.75, 3.05) is 36.7 Å². The summed E-state index contributed by atoms with van der Waals surface area (Å²) in [5, 5.41) is 7.13. The van der Waals surface area contributed by atoms with E-state index in [1.165, 1.54) is 0 Å². The predicted octanol–water partition coefficient (Wildman–Crippen LogP) is 5.44. The van der Waals surface area contributed by atoms with E-state index >= 15 is 0 Å². The summed E-state index contributed by atoms with van der Waals surface area (Å²) in [6.07, 6.45) is 1.80. The van der Waals surface area contributed by atoms with E-state index in [2.05, 4.69) is 20.6 Å². The van der Waals surface area contributed by atoms with Crippen LogP contribution in [-0.4, -0.2) is 43.1 Å². The SMILES string of the molecule is COc1cc2nc(NC(C)C)ncc2cc1-c1cccc(NC(=O)c2cccc(N(C)C)c2)c1. The second-order valence-electron chi connectivity index (χ2n) is 8.58. The first kappa shape index (κ1) is 23.0. The minimum atomic E-state index is -0.162. The number of methoxy groups -OCH3 is 1. The van der Waals surface area contributed by atoms with Crippen LogP contribution in [0.25, 0.3) is 22.0 Å². The number of ether oxygens (including phenoxy) is 1. The van der Waals surface area contributed by atoms with Gasteiger partial charge in [0.15, 0.2) is 0 Å². The molecule has 0 atom stereocenters. The largest absolute Gasteiger partial charge is 0.496 e. The maximum atomic E-state index is 12.9. The van der Waals surface area contributed by atoms with Gasteiger partial charge in [-0.15, -0.1) is 0 Å². The Morgan fingerprint density at radius 1 is 1.03 bits per heavy atom. The van der Waals surface area contributed by atoms with Gasteiger partial charge in [-0.2, -0.15) is 0 Å². The molecular formula is C27H29N5O2. The number of rotatable bonds is 7. The van der Waals surface area contributed by atoms with Crippen LogP contribution in [0.1, 0.15) is 24.2 Å². The topological polar surface area (TPSA) is 79.4 Å². The van der Waals surface area contributed by atoms with Crippen LogP contribution in [0.4, 0.5) is 17.3 Å². The lowest BCUT2D eigenvalue weighted by Gasteiger charge is -2.14. The lowest BCUT2D eigenvalue weighted by molar-refractivity contribution is 0.102. The first-order chi connectivity index (χ1) is 16.3. The smallest absolute Gasteiger partial charge is 0.255 e. The van der Waals surface area contributed by atoms with Crippen molar-refractivity contribution in [1.82, 2.24) is 9.97 Å². The van der Waals surface area contributed by atoms with Crippen molar-refractivity contribution in [1.29, 1.82) is 0 Å². The number of nitrogens with one attached hydrogen (secondary N) is 2. The van der Waals surface area contributed by atoms with Gasteiger partial charge in [-0.3, -0.25) is 4.79 Å². The number of carbonyl (C=O) groups is 1. The highest BCUT2D eigenvalue weighted by molar-refractivity contribution is 6.05. The monoisotopic (exact) mass is 455 g/mol. The number of nitrogens with zero attached hydrogens (tertiary/aromatic N) is 3. The normalized spacial score (nSPS) is 10.9. The molecular weight excluding hydrogens is 426 g/mol. The maximum Gasteiger partial charge on any atom is 0.255 e. The third kappa shape index (κ3) is 5.09. The molecule has 0 bridgehead atoms. The van der Waals surface area contributed by atoms with Crippen molar-refractivity contribution < 1.29 is 9.53 Å². The summed E-state index contributed by atoms with van der Waals surface area (Å²) in [4.78, 5) is 23.9. The zero-order valence-electron chi connectivity index (χ0n) is 20.1. The molecule has 3 aromatic carbocycles. The highest BCUT2D eigenvalue weighted by atomic mass is 16.5. The van der Waals surface area contributed by atoms with Crippen molar-refractivity contribution in [3.63, 3.8) is 0 Å². The Kier molecular flexibility index (Phi) is 6.63. The summed E-state index contributed by atoms with van der Waals surface area (Å²) in [7, 11) is 5.54. The maximum absolute atomic E-state index is 12.9. The fourth-order valence-electron chi connectivity index (χ4n) is 3.67. The molecule has 0 unspecified atom stereocenters. The Hall–Kier alpha value is -4.13. The Balaban J connectivity index is 1.64. The second-order valence-corrected chi connectivity index (χ2v) is 8.58. The first-order valence-electron chi connectivity index (χ1n) is 11.1. The van der Waals surface area contributed by atoms with Gasteiger partial charge < -0.3 is 20.3 Å². The minimum Gasteiger partial charge on any atom is -0.496 e. The van der Waals surface area contributed by atoms with Gasteiger partial charge in [0, 0.05) is 60.3 Å². The summed E-state index contributed by atoms with van der Waals surface area (Å²) in [6, 6.07) is 19.4. The van der Waals surface area contributed by atoms with Crippen molar-refractivity contribution in [2.45, 2.75) is 19.9 Å². The molecule has 0 fully saturated rings. The van der Waals surface area contributed by atoms with Gasteiger partial charge >= 0.3 is 0 Å². The van der Waals surface area contributed by atoms with Crippen molar-refractivity contribution in [2.24, 2.45) is 0 Å². The van der Waals surface area contributed by atoms with Gasteiger partial charge in [0.05, 0.1) is 12.6 Å². The number of anilines is 3. The average molecular weight is 456 g/mol. The van der Waals surface area contributed by atoms with E-state index in [4.69, 9.17) is 4.74 Å². The van der Waals surface area contributed by atoms with E-state index in [0.717, 1.165) is 27.7 Å². The number of hydrogen-bond donors (Lipinski definition) is 2. The number of fused-ring (bicyclic) bond motifs is 1. The minimum absolute atomic E-state index is 0.162. The van der Waals surface area contributed by atoms with Crippen LogP contribution in [0.2, 0.25) is 0 Å². The molecule has 0 aliphatic heterocycles. The lowest BCUT2D eigenvalue weighted by atomic mass is 10.0. The quantitative estimate of drug-likeness (QED) is 0.386. The average Bonchev–Trinajstić information content (AvgIpc) is 2.83. The number of aromatic nitrogens is 2. The van der Waals surface area contributed by atoms with Gasteiger partial charge in [-0.1, -0.05) is 18.2 Å². The van der Waals surface area contributed by atoms with Gasteiger partial charge in [-0.05, 0) is 55.8 Å². The molecule has 1 heterocycles. The van der Waals surface area contributed by atoms with Gasteiger partial charge in [-0.25, -0.2) is 9.97 Å². The summed E-state index contributed by atoms with van der Waals surface area (Å²) in [5.74, 6) is 1.12. The Morgan fingerprint density at radius 2 is 1.82 bits per heavy atom. The van der Waals surface area contributed by atoms with Crippen LogP contribution >= 0.6 is 0 Å². The van der Waals surface area contributed by atoms with Crippen LogP contribution in [0.5, 0.6) is 5.75 Å². The summed E-state index contributed by atoms with van der Waals surface area (Å²) in [5.41, 5.74) is 4.88. The summed E-state index contributed by atoms with van der Waals surface area (Å²) < 4.78 is 5.68. The molecule has 174 valence electrons. The molecule has 4 aromatic rings. The fraction of sp³-hybridized carbons (Fsp3) is 0.222. The van der Waals surface area contributed by atoms with Gasteiger partial charge in [0.1, 0.15) is 5.75 Å². The molecule has 1 aromatic heterocycles. The van der Waals surface area contributed by atoms with Gasteiger partial charge in [0.25, 0.3) is 5.91 Å². The van der Waals surface area contributed by atoms with Crippen LogP contribution in [0, 0.1) is 0 Å². The van der Waals surface area contributed by atoms with Crippen molar-refractivity contribution in [3.8, 4) is 16.9 Å². The third-order valence-electron chi connectivity index (χ3n) is 5.38. The zero-order valence-corrected chi connectivity index (χ0v) is 20.1. The molecule has 7 nitrogen and oxygen atoms in total. The van der Waals surface area contributed by atoms with E-state index in [9.17, 15) is 4.79 Å². The third-order valence-corrected chi connectivity index (χ3v) is 5.38. The lowest BCUT2D eigenvalue weighted by Crippen LogP contribution is -2.14. The van der Waals surface area contributed by atoms with E-state index in [-0.39, 0.29) is 11.9 Å². The highest BCUT2D eigenvalue weighted by Gasteiger charge is 2.13. The van der Waals surface area contributed by atoms with Crippen molar-refractivity contribution >= 4 is 34.1 Å². The van der Waals surface area contributed by atoms with E-state index in [0.29, 0.717) is 22.9 Å². The molecule has 2 N–H and O–H groups in total. The molecule has 1 amide bonds. The highest BCUT2D eigenvalue weighted by Crippen LogP contribution is 2.35. The molecule has 7 heteroatoms. The van der Waals surface area contributed by atoms with E-state index < -0.39 is 0 Å². The molecule has 34 heavy (non-hydrogen) atoms. The number of benzene rings is 3. The molecule has 0 spiro atoms. The number of amides is 1. The second kappa shape index (κ2) is 9.79. The molecule has 0 radical (unpaired) electrons. The standard InChI is InChI=1S/C27H29N5O2/c1-17(2)29-27-28-16-20-14-23(25(34-5)15-24(20)31-27)18-8-6-10-21(12-18)30-26(33)19-9-7-11-22(13-19)32(3)4/h6-17H,1-5H3,(H,30,33)(H,28,29,31). The predicted molar refractivity (Wildman–Crippen MR) is 139 cm³/mol. The van der Waals surface area contributed by atoms with Crippen LogP contribution in [-0.2, 0) is 0 Å². The number of carbonyl (C=O) groups excluding carboxylic acids is 1. The van der Waals surface area contributed by atoms with Crippen LogP contribution in [0.3, 0.4) is 0 Å². The fourth-order valence-corrected chi connectivity index (χ4v) is 3.67. The van der Waals surface area contributed by atoms with Crippen LogP contribution in [0.15, 0.2) is 66.9 Å². The number of hydrogen-bond acceptors (Lipinski definition) is 6. The Labute approximate surface area is 199 Å². The molecule has 0 saturated heterocycles. The summed E-state index contributed by atoms with van der Waals surface area (Å²) in [6.45, 7) is 4.09. The Morgan fingerprint density at radius 3 is 2.56 bits per heavy atom. The molecule has 0 aliphatic carbocycles. The van der Waals surface area contributed by atoms with Gasteiger partial charge in [0.2, 0.25) is 5.95 Å². The zero-order chi connectivity index (χ0) is 24.2. The molecule has 4 rings (SSSR count). The molecule has 0 aliphatic rings. The molecule has 0 saturated carbocycles. The first-order valence-corrected chi connectivity index (χ1v) is 11.1. The van der Waals surface area contributed by atoms with Crippen molar-refractivity contribution in [3.05, 3.63) is 72.4 Å².